The van der Waals surface area contributed by atoms with Gasteiger partial charge in [-0.1, -0.05) is 115 Å². The lowest BCUT2D eigenvalue weighted by Gasteiger charge is -2.39. The fourth-order valence-corrected chi connectivity index (χ4v) is 10.8. The van der Waals surface area contributed by atoms with Gasteiger partial charge in [-0.3, -0.25) is 0 Å². The average molecular weight is 639 g/mol. The zero-order valence-corrected chi connectivity index (χ0v) is 26.3. The van der Waals surface area contributed by atoms with Crippen molar-refractivity contribution in [1.29, 1.82) is 0 Å². The molecule has 0 spiro atoms. The quantitative estimate of drug-likeness (QED) is 0.0975. The van der Waals surface area contributed by atoms with Crippen LogP contribution in [0, 0.1) is 0 Å². The van der Waals surface area contributed by atoms with E-state index in [1.807, 2.05) is 91.0 Å². The molecule has 0 radical (unpaired) electrons. The first kappa shape index (κ1) is 33.5. The van der Waals surface area contributed by atoms with Gasteiger partial charge in [-0.25, -0.2) is 0 Å². The summed E-state index contributed by atoms with van der Waals surface area (Å²) in [7, 11) is -3.96. The Balaban J connectivity index is 2.01. The van der Waals surface area contributed by atoms with Gasteiger partial charge in [-0.05, 0) is 55.6 Å². The lowest BCUT2D eigenvalue weighted by atomic mass is 9.92. The standard InChI is InChI=1S/C38H39O7P/c39-20-26-16-30(22-41)35(31(17-26)23-42)37(28-10-4-1-5-11-28)46(45,34-14-8-3-9-15-34)38(29-12-6-2-7-13-29)36-32(24-43)18-27(21-40)19-33(36)25-44/h1-19,37-44H,20-25H2. The Morgan fingerprint density at radius 1 is 0.435 bits per heavy atom. The summed E-state index contributed by atoms with van der Waals surface area (Å²) >= 11 is 0. The molecule has 0 fully saturated rings. The molecule has 2 unspecified atom stereocenters. The van der Waals surface area contributed by atoms with Gasteiger partial charge in [0, 0.05) is 5.30 Å². The number of benzene rings is 5. The Bertz CT molecular complexity index is 1630. The van der Waals surface area contributed by atoms with E-state index in [2.05, 4.69) is 0 Å². The maximum atomic E-state index is 17.0. The van der Waals surface area contributed by atoms with E-state index < -0.39 is 44.9 Å². The molecule has 0 saturated heterocycles. The number of hydrogen-bond acceptors (Lipinski definition) is 7. The molecule has 238 valence electrons. The van der Waals surface area contributed by atoms with Crippen LogP contribution in [0.15, 0.2) is 115 Å². The summed E-state index contributed by atoms with van der Waals surface area (Å²) in [5.41, 5.74) is 3.20. The van der Waals surface area contributed by atoms with Crippen LogP contribution in [0.2, 0.25) is 0 Å². The molecule has 0 heterocycles. The van der Waals surface area contributed by atoms with E-state index in [4.69, 9.17) is 0 Å². The minimum absolute atomic E-state index is 0.309. The van der Waals surface area contributed by atoms with Crippen LogP contribution in [-0.4, -0.2) is 30.6 Å². The second-order valence-corrected chi connectivity index (χ2v) is 14.2. The van der Waals surface area contributed by atoms with Gasteiger partial charge in [0.15, 0.2) is 0 Å². The smallest absolute Gasteiger partial charge is 0.138 e. The van der Waals surface area contributed by atoms with Gasteiger partial charge in [-0.2, -0.15) is 0 Å². The van der Waals surface area contributed by atoms with Crippen LogP contribution in [0.4, 0.5) is 0 Å². The van der Waals surface area contributed by atoms with Crippen molar-refractivity contribution in [2.45, 2.75) is 51.0 Å². The molecule has 0 aliphatic rings. The molecule has 5 aromatic carbocycles. The summed E-state index contributed by atoms with van der Waals surface area (Å²) in [6.45, 7) is -2.34. The highest BCUT2D eigenvalue weighted by atomic mass is 31.2. The van der Waals surface area contributed by atoms with Crippen LogP contribution < -0.4 is 5.30 Å². The summed E-state index contributed by atoms with van der Waals surface area (Å²) in [6, 6.07) is 34.4. The number of aliphatic hydroxyl groups is 6. The third kappa shape index (κ3) is 6.37. The minimum Gasteiger partial charge on any atom is -0.392 e. The Hall–Kier alpha value is -3.91. The van der Waals surface area contributed by atoms with Gasteiger partial charge >= 0.3 is 0 Å². The largest absolute Gasteiger partial charge is 0.392 e. The molecule has 0 aliphatic heterocycles. The first-order chi connectivity index (χ1) is 22.4. The molecule has 6 N–H and O–H groups in total. The molecule has 0 aliphatic carbocycles. The molecular formula is C38H39O7P. The van der Waals surface area contributed by atoms with Crippen molar-refractivity contribution in [2.75, 3.05) is 0 Å². The van der Waals surface area contributed by atoms with E-state index >= 15 is 4.57 Å². The lowest BCUT2D eigenvalue weighted by Crippen LogP contribution is -2.23. The van der Waals surface area contributed by atoms with E-state index in [0.29, 0.717) is 60.9 Å². The van der Waals surface area contributed by atoms with Crippen LogP contribution in [0.1, 0.15) is 67.0 Å². The normalized spacial score (nSPS) is 14.0. The molecule has 5 aromatic rings. The summed E-state index contributed by atoms with van der Waals surface area (Å²) in [4.78, 5) is 0. The third-order valence-corrected chi connectivity index (χ3v) is 12.3. The third-order valence-electron chi connectivity index (χ3n) is 8.57. The van der Waals surface area contributed by atoms with Crippen molar-refractivity contribution in [3.63, 3.8) is 0 Å². The molecule has 5 rings (SSSR count). The first-order valence-corrected chi connectivity index (χ1v) is 17.0. The average Bonchev–Trinajstić information content (AvgIpc) is 3.12. The second kappa shape index (κ2) is 15.1. The number of rotatable bonds is 13. The Labute approximate surface area is 269 Å². The molecule has 0 bridgehead atoms. The first-order valence-electron chi connectivity index (χ1n) is 15.1. The molecular weight excluding hydrogens is 599 g/mol. The lowest BCUT2D eigenvalue weighted by molar-refractivity contribution is 0.267. The number of aliphatic hydroxyl groups excluding tert-OH is 6. The SMILES string of the molecule is O=P(c1ccccc1)(C(c1ccccc1)c1c(CO)cc(CO)cc1CO)C(c1ccccc1)c1c(CO)cc(CO)cc1CO. The van der Waals surface area contributed by atoms with Crippen LogP contribution >= 0.6 is 7.14 Å². The Kier molecular flexibility index (Phi) is 11.0. The Morgan fingerprint density at radius 2 is 0.739 bits per heavy atom. The summed E-state index contributed by atoms with van der Waals surface area (Å²) in [5, 5.41) is 63.5. The molecule has 0 aromatic heterocycles. The topological polar surface area (TPSA) is 138 Å². The predicted molar refractivity (Wildman–Crippen MR) is 179 cm³/mol. The molecule has 2 atom stereocenters. The predicted octanol–water partition coefficient (Wildman–Crippen LogP) is 5.21. The van der Waals surface area contributed by atoms with Crippen LogP contribution in [0.25, 0.3) is 0 Å². The summed E-state index contributed by atoms with van der Waals surface area (Å²) in [6.07, 6.45) is 0. The minimum atomic E-state index is -3.96. The van der Waals surface area contributed by atoms with Gasteiger partial charge in [0.05, 0.1) is 51.0 Å². The van der Waals surface area contributed by atoms with E-state index in [9.17, 15) is 30.6 Å². The zero-order chi connectivity index (χ0) is 32.7. The van der Waals surface area contributed by atoms with Crippen molar-refractivity contribution < 1.29 is 35.2 Å². The van der Waals surface area contributed by atoms with Crippen LogP contribution in [-0.2, 0) is 44.2 Å². The van der Waals surface area contributed by atoms with Crippen molar-refractivity contribution >= 4 is 12.4 Å². The number of hydrogen-bond donors (Lipinski definition) is 6. The molecule has 0 amide bonds. The van der Waals surface area contributed by atoms with E-state index in [0.717, 1.165) is 0 Å². The van der Waals surface area contributed by atoms with Crippen molar-refractivity contribution in [2.24, 2.45) is 0 Å². The van der Waals surface area contributed by atoms with E-state index in [-0.39, 0.29) is 13.2 Å². The monoisotopic (exact) mass is 638 g/mol. The van der Waals surface area contributed by atoms with Crippen LogP contribution in [0.5, 0.6) is 0 Å². The van der Waals surface area contributed by atoms with Gasteiger partial charge in [0.2, 0.25) is 0 Å². The molecule has 8 heteroatoms. The van der Waals surface area contributed by atoms with E-state index in [1.54, 1.807) is 24.3 Å². The second-order valence-electron chi connectivity index (χ2n) is 11.3. The van der Waals surface area contributed by atoms with Gasteiger partial charge in [0.25, 0.3) is 0 Å². The molecule has 7 nitrogen and oxygen atoms in total. The van der Waals surface area contributed by atoms with E-state index in [1.165, 1.54) is 0 Å². The maximum absolute atomic E-state index is 17.0. The highest BCUT2D eigenvalue weighted by molar-refractivity contribution is 7.72. The van der Waals surface area contributed by atoms with Gasteiger partial charge in [-0.15, -0.1) is 0 Å². The van der Waals surface area contributed by atoms with Gasteiger partial charge in [0.1, 0.15) is 7.14 Å². The fraction of sp³-hybridized carbons (Fsp3) is 0.211. The van der Waals surface area contributed by atoms with Crippen molar-refractivity contribution in [1.82, 2.24) is 0 Å². The zero-order valence-electron chi connectivity index (χ0n) is 25.4. The summed E-state index contributed by atoms with van der Waals surface area (Å²) in [5.74, 6) is 0. The van der Waals surface area contributed by atoms with Crippen molar-refractivity contribution in [3.8, 4) is 0 Å². The molecule has 46 heavy (non-hydrogen) atoms. The van der Waals surface area contributed by atoms with Crippen LogP contribution in [0.3, 0.4) is 0 Å². The fourth-order valence-electron chi connectivity index (χ4n) is 6.65. The highest BCUT2D eigenvalue weighted by Gasteiger charge is 2.48. The van der Waals surface area contributed by atoms with Gasteiger partial charge < -0.3 is 35.2 Å². The highest BCUT2D eigenvalue weighted by Crippen LogP contribution is 2.72. The molecule has 0 saturated carbocycles. The van der Waals surface area contributed by atoms with Crippen molar-refractivity contribution in [3.05, 3.63) is 171 Å². The summed E-state index contributed by atoms with van der Waals surface area (Å²) < 4.78 is 17.0. The maximum Gasteiger partial charge on any atom is 0.138 e. The Morgan fingerprint density at radius 3 is 1.02 bits per heavy atom.